The molecule has 0 heterocycles. The Labute approximate surface area is 124 Å². The van der Waals surface area contributed by atoms with Crippen LogP contribution < -0.4 is 10.5 Å². The quantitative estimate of drug-likeness (QED) is 0.843. The Balaban J connectivity index is 2.38. The fourth-order valence-electron chi connectivity index (χ4n) is 1.77. The third-order valence-corrected chi connectivity index (χ3v) is 4.13. The zero-order valence-corrected chi connectivity index (χ0v) is 12.5. The normalized spacial score (nSPS) is 12.3. The largest absolute Gasteiger partial charge is 0.497 e. The lowest BCUT2D eigenvalue weighted by molar-refractivity contribution is 0.414. The van der Waals surface area contributed by atoms with Gasteiger partial charge in [0.05, 0.1) is 18.2 Å². The number of ether oxygens (including phenoxy) is 1. The van der Waals surface area contributed by atoms with Gasteiger partial charge in [0, 0.05) is 10.0 Å². The van der Waals surface area contributed by atoms with Gasteiger partial charge in [-0.1, -0.05) is 29.8 Å². The Bertz CT molecular complexity index is 589. The number of hydrogen-bond acceptors (Lipinski definition) is 2. The third-order valence-electron chi connectivity index (χ3n) is 2.88. The fourth-order valence-corrected chi connectivity index (χ4v) is 2.25. The fraction of sp³-hybridized carbons (Fsp3) is 0.143. The minimum atomic E-state index is -0.573. The molecular formula is C14H12BrClFNO. The first-order valence-electron chi connectivity index (χ1n) is 5.57. The summed E-state index contributed by atoms with van der Waals surface area (Å²) in [6.07, 6.45) is 0. The van der Waals surface area contributed by atoms with Crippen LogP contribution in [0.3, 0.4) is 0 Å². The highest BCUT2D eigenvalue weighted by atomic mass is 79.9. The Morgan fingerprint density at radius 2 is 1.84 bits per heavy atom. The molecule has 19 heavy (non-hydrogen) atoms. The van der Waals surface area contributed by atoms with E-state index in [1.54, 1.807) is 43.5 Å². The number of methoxy groups -OCH3 is 1. The highest BCUT2D eigenvalue weighted by molar-refractivity contribution is 9.10. The molecule has 1 unspecified atom stereocenters. The van der Waals surface area contributed by atoms with Gasteiger partial charge in [0.2, 0.25) is 0 Å². The molecule has 0 spiro atoms. The van der Waals surface area contributed by atoms with Crippen LogP contribution >= 0.6 is 27.5 Å². The molecule has 2 aromatic carbocycles. The minimum Gasteiger partial charge on any atom is -0.497 e. The first kappa shape index (κ1) is 14.3. The molecule has 2 nitrogen and oxygen atoms in total. The molecule has 5 heteroatoms. The van der Waals surface area contributed by atoms with E-state index in [0.717, 1.165) is 11.3 Å². The van der Waals surface area contributed by atoms with Crippen molar-refractivity contribution in [2.45, 2.75) is 6.04 Å². The van der Waals surface area contributed by atoms with E-state index in [2.05, 4.69) is 15.9 Å². The molecule has 0 aliphatic heterocycles. The summed E-state index contributed by atoms with van der Waals surface area (Å²) in [6.45, 7) is 0. The van der Waals surface area contributed by atoms with Crippen molar-refractivity contribution < 1.29 is 9.13 Å². The standard InChI is InChI=1S/C14H12BrClFNO/c1-19-9-4-2-8(3-5-9)14(18)10-6-7-11(15)12(16)13(10)17/h2-7,14H,18H2,1H3. The SMILES string of the molecule is COc1ccc(C(N)c2ccc(Br)c(Cl)c2F)cc1. The molecule has 2 rings (SSSR count). The van der Waals surface area contributed by atoms with E-state index in [4.69, 9.17) is 22.1 Å². The monoisotopic (exact) mass is 343 g/mol. The summed E-state index contributed by atoms with van der Waals surface area (Å²) in [5, 5.41) is 0.0430. The lowest BCUT2D eigenvalue weighted by Crippen LogP contribution is -2.13. The predicted octanol–water partition coefficient (Wildman–Crippen LogP) is 4.30. The van der Waals surface area contributed by atoms with Crippen molar-refractivity contribution in [2.24, 2.45) is 5.73 Å². The second-order valence-electron chi connectivity index (χ2n) is 4.02. The van der Waals surface area contributed by atoms with Crippen molar-refractivity contribution in [1.29, 1.82) is 0 Å². The van der Waals surface area contributed by atoms with E-state index in [1.807, 2.05) is 0 Å². The van der Waals surface area contributed by atoms with Crippen LogP contribution in [0.15, 0.2) is 40.9 Å². The van der Waals surface area contributed by atoms with Gasteiger partial charge in [0.1, 0.15) is 11.6 Å². The first-order valence-corrected chi connectivity index (χ1v) is 6.74. The molecule has 0 bridgehead atoms. The number of nitrogens with two attached hydrogens (primary N) is 1. The van der Waals surface area contributed by atoms with Gasteiger partial charge < -0.3 is 10.5 Å². The van der Waals surface area contributed by atoms with Crippen molar-refractivity contribution in [3.05, 3.63) is 62.8 Å². The van der Waals surface area contributed by atoms with Crippen molar-refractivity contribution in [3.8, 4) is 5.75 Å². The van der Waals surface area contributed by atoms with E-state index in [1.165, 1.54) is 0 Å². The van der Waals surface area contributed by atoms with Gasteiger partial charge in [0.15, 0.2) is 0 Å². The number of rotatable bonds is 3. The molecule has 0 aliphatic rings. The Morgan fingerprint density at radius 1 is 1.21 bits per heavy atom. The molecule has 0 amide bonds. The van der Waals surface area contributed by atoms with Crippen LogP contribution in [0.1, 0.15) is 17.2 Å². The number of halogens is 3. The van der Waals surface area contributed by atoms with E-state index >= 15 is 0 Å². The summed E-state index contributed by atoms with van der Waals surface area (Å²) < 4.78 is 19.7. The number of hydrogen-bond donors (Lipinski definition) is 1. The van der Waals surface area contributed by atoms with Crippen LogP contribution in [-0.4, -0.2) is 7.11 Å². The van der Waals surface area contributed by atoms with Gasteiger partial charge in [-0.25, -0.2) is 4.39 Å². The van der Waals surface area contributed by atoms with Gasteiger partial charge in [-0.15, -0.1) is 0 Å². The molecule has 0 fully saturated rings. The smallest absolute Gasteiger partial charge is 0.148 e. The molecule has 100 valence electrons. The first-order chi connectivity index (χ1) is 9.04. The van der Waals surface area contributed by atoms with E-state index in [9.17, 15) is 4.39 Å². The summed E-state index contributed by atoms with van der Waals surface area (Å²) in [4.78, 5) is 0. The van der Waals surface area contributed by atoms with Crippen molar-refractivity contribution in [1.82, 2.24) is 0 Å². The van der Waals surface area contributed by atoms with Crippen molar-refractivity contribution in [3.63, 3.8) is 0 Å². The summed E-state index contributed by atoms with van der Waals surface area (Å²) in [5.41, 5.74) is 7.22. The lowest BCUT2D eigenvalue weighted by Gasteiger charge is -2.15. The van der Waals surface area contributed by atoms with Gasteiger partial charge in [-0.05, 0) is 39.7 Å². The molecule has 0 radical (unpaired) electrons. The van der Waals surface area contributed by atoms with Crippen molar-refractivity contribution >= 4 is 27.5 Å². The van der Waals surface area contributed by atoms with Crippen LogP contribution in [0.2, 0.25) is 5.02 Å². The second kappa shape index (κ2) is 5.90. The molecule has 1 atom stereocenters. The Hall–Kier alpha value is -1.10. The maximum Gasteiger partial charge on any atom is 0.148 e. The Kier molecular flexibility index (Phi) is 4.45. The summed E-state index contributed by atoms with van der Waals surface area (Å²) in [6, 6.07) is 9.92. The van der Waals surface area contributed by atoms with Crippen LogP contribution in [0.5, 0.6) is 5.75 Å². The molecule has 2 aromatic rings. The highest BCUT2D eigenvalue weighted by Gasteiger charge is 2.17. The Morgan fingerprint density at radius 3 is 2.42 bits per heavy atom. The molecule has 0 saturated heterocycles. The zero-order chi connectivity index (χ0) is 14.0. The van der Waals surface area contributed by atoms with Gasteiger partial charge >= 0.3 is 0 Å². The molecule has 2 N–H and O–H groups in total. The van der Waals surface area contributed by atoms with Crippen LogP contribution in [0.4, 0.5) is 4.39 Å². The average molecular weight is 345 g/mol. The van der Waals surface area contributed by atoms with Gasteiger partial charge in [0.25, 0.3) is 0 Å². The number of benzene rings is 2. The maximum absolute atomic E-state index is 14.1. The third kappa shape index (κ3) is 2.91. The summed E-state index contributed by atoms with van der Waals surface area (Å²) in [5.74, 6) is 0.227. The second-order valence-corrected chi connectivity index (χ2v) is 5.25. The topological polar surface area (TPSA) is 35.2 Å². The minimum absolute atomic E-state index is 0.0430. The van der Waals surface area contributed by atoms with Crippen LogP contribution in [-0.2, 0) is 0 Å². The lowest BCUT2D eigenvalue weighted by atomic mass is 9.99. The van der Waals surface area contributed by atoms with E-state index < -0.39 is 11.9 Å². The average Bonchev–Trinajstić information content (AvgIpc) is 2.44. The molecule has 0 aliphatic carbocycles. The van der Waals surface area contributed by atoms with Gasteiger partial charge in [-0.3, -0.25) is 0 Å². The van der Waals surface area contributed by atoms with Crippen molar-refractivity contribution in [2.75, 3.05) is 7.11 Å². The molecule has 0 aromatic heterocycles. The van der Waals surface area contributed by atoms with Gasteiger partial charge in [-0.2, -0.15) is 0 Å². The van der Waals surface area contributed by atoms with Crippen LogP contribution in [0.25, 0.3) is 0 Å². The van der Waals surface area contributed by atoms with Crippen LogP contribution in [0, 0.1) is 5.82 Å². The predicted molar refractivity (Wildman–Crippen MR) is 78.1 cm³/mol. The zero-order valence-electron chi connectivity index (χ0n) is 10.2. The highest BCUT2D eigenvalue weighted by Crippen LogP contribution is 2.32. The molecular weight excluding hydrogens is 333 g/mol. The summed E-state index contributed by atoms with van der Waals surface area (Å²) in [7, 11) is 1.59. The maximum atomic E-state index is 14.1. The van der Waals surface area contributed by atoms with E-state index in [-0.39, 0.29) is 5.02 Å². The van der Waals surface area contributed by atoms with E-state index in [0.29, 0.717) is 10.0 Å². The summed E-state index contributed by atoms with van der Waals surface area (Å²) >= 11 is 9.04. The molecule has 0 saturated carbocycles.